The van der Waals surface area contributed by atoms with E-state index in [9.17, 15) is 9.59 Å². The second kappa shape index (κ2) is 6.84. The van der Waals surface area contributed by atoms with Crippen LogP contribution in [0.3, 0.4) is 0 Å². The molecule has 1 aliphatic rings. The molecule has 0 saturated heterocycles. The molecule has 0 radical (unpaired) electrons. The van der Waals surface area contributed by atoms with Gasteiger partial charge in [-0.25, -0.2) is 0 Å². The standard InChI is InChI=1S/C17H21N5O2/c1-18-15(12-9-19-22(2)10-12)17(24)21-14-7-5-13(6-8-14)20-16(23)11-3-4-11/h5-11,15,18H,3-4H2,1-2H3,(H,20,23)(H,21,24). The van der Waals surface area contributed by atoms with Gasteiger partial charge in [-0.05, 0) is 44.2 Å². The predicted octanol–water partition coefficient (Wildman–Crippen LogP) is 1.67. The van der Waals surface area contributed by atoms with Gasteiger partial charge in [0.05, 0.1) is 6.20 Å². The van der Waals surface area contributed by atoms with E-state index in [1.54, 1.807) is 48.4 Å². The van der Waals surface area contributed by atoms with E-state index in [4.69, 9.17) is 0 Å². The van der Waals surface area contributed by atoms with E-state index >= 15 is 0 Å². The fourth-order valence-electron chi connectivity index (χ4n) is 2.48. The Labute approximate surface area is 140 Å². The summed E-state index contributed by atoms with van der Waals surface area (Å²) in [6, 6.07) is 6.64. The summed E-state index contributed by atoms with van der Waals surface area (Å²) in [5.74, 6) is 0.0686. The highest BCUT2D eigenvalue weighted by Gasteiger charge is 2.29. The lowest BCUT2D eigenvalue weighted by Gasteiger charge is -2.15. The average molecular weight is 327 g/mol. The van der Waals surface area contributed by atoms with E-state index < -0.39 is 6.04 Å². The molecule has 0 spiro atoms. The number of hydrogen-bond acceptors (Lipinski definition) is 4. The van der Waals surface area contributed by atoms with Crippen LogP contribution in [0.2, 0.25) is 0 Å². The predicted molar refractivity (Wildman–Crippen MR) is 91.4 cm³/mol. The maximum Gasteiger partial charge on any atom is 0.246 e. The van der Waals surface area contributed by atoms with Gasteiger partial charge in [0, 0.05) is 36.1 Å². The highest BCUT2D eigenvalue weighted by Crippen LogP contribution is 2.30. The topological polar surface area (TPSA) is 88.1 Å². The fourth-order valence-corrected chi connectivity index (χ4v) is 2.48. The molecule has 0 aliphatic heterocycles. The molecule has 7 heteroatoms. The third-order valence-corrected chi connectivity index (χ3v) is 3.98. The van der Waals surface area contributed by atoms with Crippen molar-refractivity contribution < 1.29 is 9.59 Å². The van der Waals surface area contributed by atoms with Crippen LogP contribution in [0.4, 0.5) is 11.4 Å². The molecule has 24 heavy (non-hydrogen) atoms. The number of nitrogens with zero attached hydrogens (tertiary/aromatic N) is 2. The fraction of sp³-hybridized carbons (Fsp3) is 0.353. The van der Waals surface area contributed by atoms with Gasteiger partial charge >= 0.3 is 0 Å². The van der Waals surface area contributed by atoms with Gasteiger partial charge in [-0.15, -0.1) is 0 Å². The van der Waals surface area contributed by atoms with Crippen LogP contribution in [0.15, 0.2) is 36.7 Å². The molecule has 1 aliphatic carbocycles. The maximum atomic E-state index is 12.4. The molecule has 2 aromatic rings. The van der Waals surface area contributed by atoms with Crippen LogP contribution < -0.4 is 16.0 Å². The number of rotatable bonds is 6. The van der Waals surface area contributed by atoms with Gasteiger partial charge in [0.25, 0.3) is 0 Å². The van der Waals surface area contributed by atoms with Crippen molar-refractivity contribution in [3.8, 4) is 0 Å². The average Bonchev–Trinajstić information content (AvgIpc) is 3.33. The number of aromatic nitrogens is 2. The van der Waals surface area contributed by atoms with Crippen LogP contribution in [0.1, 0.15) is 24.4 Å². The summed E-state index contributed by atoms with van der Waals surface area (Å²) in [5, 5.41) is 12.8. The molecule has 3 N–H and O–H groups in total. The lowest BCUT2D eigenvalue weighted by molar-refractivity contribution is -0.118. The molecule has 1 fully saturated rings. The molecule has 3 rings (SSSR count). The van der Waals surface area contributed by atoms with Crippen LogP contribution in [-0.2, 0) is 16.6 Å². The van der Waals surface area contributed by atoms with Gasteiger partial charge in [0.15, 0.2) is 0 Å². The number of amides is 2. The Kier molecular flexibility index (Phi) is 4.61. The second-order valence-electron chi connectivity index (χ2n) is 6.00. The number of nitrogens with one attached hydrogen (secondary N) is 3. The maximum absolute atomic E-state index is 12.4. The Balaban J connectivity index is 1.61. The van der Waals surface area contributed by atoms with Gasteiger partial charge in [-0.1, -0.05) is 0 Å². The molecule has 1 aromatic carbocycles. The molecule has 1 atom stereocenters. The van der Waals surface area contributed by atoms with Crippen molar-refractivity contribution in [2.45, 2.75) is 18.9 Å². The van der Waals surface area contributed by atoms with Gasteiger partial charge < -0.3 is 16.0 Å². The van der Waals surface area contributed by atoms with Crippen LogP contribution in [0.5, 0.6) is 0 Å². The van der Waals surface area contributed by atoms with Crippen molar-refractivity contribution in [2.24, 2.45) is 13.0 Å². The Morgan fingerprint density at radius 3 is 2.29 bits per heavy atom. The molecule has 0 bridgehead atoms. The number of carbonyl (C=O) groups excluding carboxylic acids is 2. The van der Waals surface area contributed by atoms with Crippen LogP contribution >= 0.6 is 0 Å². The normalized spacial score (nSPS) is 14.9. The van der Waals surface area contributed by atoms with E-state index in [2.05, 4.69) is 21.0 Å². The lowest BCUT2D eigenvalue weighted by atomic mass is 10.1. The van der Waals surface area contributed by atoms with Crippen LogP contribution in [-0.4, -0.2) is 28.6 Å². The molecule has 1 saturated carbocycles. The van der Waals surface area contributed by atoms with Crippen molar-refractivity contribution in [3.05, 3.63) is 42.2 Å². The third kappa shape index (κ3) is 3.80. The summed E-state index contributed by atoms with van der Waals surface area (Å²) < 4.78 is 1.66. The van der Waals surface area contributed by atoms with Crippen molar-refractivity contribution >= 4 is 23.2 Å². The monoisotopic (exact) mass is 327 g/mol. The quantitative estimate of drug-likeness (QED) is 0.753. The van der Waals surface area contributed by atoms with E-state index in [-0.39, 0.29) is 17.7 Å². The minimum absolute atomic E-state index is 0.0682. The third-order valence-electron chi connectivity index (χ3n) is 3.98. The van der Waals surface area contributed by atoms with Crippen LogP contribution in [0, 0.1) is 5.92 Å². The zero-order chi connectivity index (χ0) is 17.1. The number of benzene rings is 1. The van der Waals surface area contributed by atoms with E-state index in [0.29, 0.717) is 5.69 Å². The summed E-state index contributed by atoms with van der Waals surface area (Å²) in [7, 11) is 3.54. The largest absolute Gasteiger partial charge is 0.326 e. The zero-order valence-corrected chi connectivity index (χ0v) is 13.7. The van der Waals surface area contributed by atoms with Gasteiger partial charge in [-0.2, -0.15) is 5.10 Å². The van der Waals surface area contributed by atoms with Crippen molar-refractivity contribution in [2.75, 3.05) is 17.7 Å². The lowest BCUT2D eigenvalue weighted by Crippen LogP contribution is -2.30. The first-order valence-electron chi connectivity index (χ1n) is 7.94. The van der Waals surface area contributed by atoms with Crippen LogP contribution in [0.25, 0.3) is 0 Å². The summed E-state index contributed by atoms with van der Waals surface area (Å²) >= 11 is 0. The minimum atomic E-state index is -0.479. The first-order valence-corrected chi connectivity index (χ1v) is 7.94. The molecule has 2 amide bonds. The van der Waals surface area contributed by atoms with Crippen molar-refractivity contribution in [3.63, 3.8) is 0 Å². The number of carbonyl (C=O) groups is 2. The number of likely N-dealkylation sites (N-methyl/N-ethyl adjacent to an activating group) is 1. The Morgan fingerprint density at radius 1 is 1.17 bits per heavy atom. The highest BCUT2D eigenvalue weighted by molar-refractivity contribution is 5.96. The SMILES string of the molecule is CNC(C(=O)Nc1ccc(NC(=O)C2CC2)cc1)c1cnn(C)c1. The van der Waals surface area contributed by atoms with Gasteiger partial charge in [0.2, 0.25) is 11.8 Å². The first-order chi connectivity index (χ1) is 11.6. The van der Waals surface area contributed by atoms with Crippen molar-refractivity contribution in [1.29, 1.82) is 0 Å². The molecular formula is C17H21N5O2. The molecule has 1 heterocycles. The Hall–Kier alpha value is -2.67. The summed E-state index contributed by atoms with van der Waals surface area (Å²) in [4.78, 5) is 24.2. The van der Waals surface area contributed by atoms with Gasteiger partial charge in [0.1, 0.15) is 6.04 Å². The summed E-state index contributed by atoms with van der Waals surface area (Å²) in [5.41, 5.74) is 2.21. The number of hydrogen-bond donors (Lipinski definition) is 3. The minimum Gasteiger partial charge on any atom is -0.326 e. The summed E-state index contributed by atoms with van der Waals surface area (Å²) in [6.45, 7) is 0. The summed E-state index contributed by atoms with van der Waals surface area (Å²) in [6.07, 6.45) is 5.41. The second-order valence-corrected chi connectivity index (χ2v) is 6.00. The van der Waals surface area contributed by atoms with Gasteiger partial charge in [-0.3, -0.25) is 14.3 Å². The number of anilines is 2. The van der Waals surface area contributed by atoms with E-state index in [1.807, 2.05) is 7.05 Å². The Morgan fingerprint density at radius 2 is 1.79 bits per heavy atom. The molecule has 7 nitrogen and oxygen atoms in total. The van der Waals surface area contributed by atoms with E-state index in [0.717, 1.165) is 24.1 Å². The molecule has 1 unspecified atom stereocenters. The molecule has 126 valence electrons. The highest BCUT2D eigenvalue weighted by atomic mass is 16.2. The van der Waals surface area contributed by atoms with Crippen molar-refractivity contribution in [1.82, 2.24) is 15.1 Å². The smallest absolute Gasteiger partial charge is 0.246 e. The molecule has 1 aromatic heterocycles. The Bertz CT molecular complexity index is 734. The number of aryl methyl sites for hydroxylation is 1. The zero-order valence-electron chi connectivity index (χ0n) is 13.7. The molecular weight excluding hydrogens is 306 g/mol. The van der Waals surface area contributed by atoms with E-state index in [1.165, 1.54) is 0 Å². The first kappa shape index (κ1) is 16.2.